The zero-order chi connectivity index (χ0) is 31.9. The molecule has 9 nitrogen and oxygen atoms in total. The summed E-state index contributed by atoms with van der Waals surface area (Å²) in [5.74, 6) is -2.00. The van der Waals surface area contributed by atoms with Crippen LogP contribution in [0.1, 0.15) is 39.2 Å². The lowest BCUT2D eigenvalue weighted by molar-refractivity contribution is -0.154. The molecule has 4 aliphatic rings. The maximum atomic E-state index is 14.9. The van der Waals surface area contributed by atoms with Gasteiger partial charge in [-0.25, -0.2) is 0 Å². The zero-order valence-corrected chi connectivity index (χ0v) is 26.5. The van der Waals surface area contributed by atoms with Gasteiger partial charge in [0.1, 0.15) is 17.4 Å². The lowest BCUT2D eigenvalue weighted by atomic mass is 9.73. The Hall–Kier alpha value is -3.95. The molecule has 1 spiro atoms. The number of benzene rings is 2. The number of anilines is 1. The van der Waals surface area contributed by atoms with E-state index in [1.165, 1.54) is 0 Å². The minimum atomic E-state index is -1.40. The van der Waals surface area contributed by atoms with E-state index in [9.17, 15) is 19.5 Å². The molecular weight excluding hydrogens is 570 g/mol. The summed E-state index contributed by atoms with van der Waals surface area (Å²) in [7, 11) is 1.59. The molecule has 0 aromatic heterocycles. The zero-order valence-electron chi connectivity index (χ0n) is 26.5. The monoisotopic (exact) mass is 613 g/mol. The Kier molecular flexibility index (Phi) is 8.35. The van der Waals surface area contributed by atoms with Crippen LogP contribution in [0.15, 0.2) is 78.9 Å². The summed E-state index contributed by atoms with van der Waals surface area (Å²) >= 11 is 0. The van der Waals surface area contributed by atoms with Crippen molar-refractivity contribution in [1.82, 2.24) is 9.80 Å². The molecule has 4 heterocycles. The fourth-order valence-electron chi connectivity index (χ4n) is 7.86. The molecule has 7 atom stereocenters. The van der Waals surface area contributed by atoms with Crippen LogP contribution in [0.5, 0.6) is 5.75 Å². The van der Waals surface area contributed by atoms with Gasteiger partial charge >= 0.3 is 0 Å². The lowest BCUT2D eigenvalue weighted by Crippen LogP contribution is -2.60. The largest absolute Gasteiger partial charge is 0.497 e. The van der Waals surface area contributed by atoms with E-state index in [0.29, 0.717) is 37.4 Å². The summed E-state index contributed by atoms with van der Waals surface area (Å²) < 4.78 is 12.4. The molecule has 2 fully saturated rings. The van der Waals surface area contributed by atoms with Crippen molar-refractivity contribution in [2.75, 3.05) is 31.7 Å². The van der Waals surface area contributed by atoms with Crippen LogP contribution in [0.3, 0.4) is 0 Å². The molecule has 0 bridgehead atoms. The average molecular weight is 614 g/mol. The van der Waals surface area contributed by atoms with Crippen molar-refractivity contribution in [2.24, 2.45) is 17.8 Å². The van der Waals surface area contributed by atoms with Gasteiger partial charge < -0.3 is 29.3 Å². The van der Waals surface area contributed by atoms with E-state index in [2.05, 4.69) is 0 Å². The van der Waals surface area contributed by atoms with Gasteiger partial charge in [0, 0.05) is 25.3 Å². The second kappa shape index (κ2) is 12.1. The van der Waals surface area contributed by atoms with Crippen LogP contribution < -0.4 is 9.64 Å². The summed E-state index contributed by atoms with van der Waals surface area (Å²) in [6, 6.07) is 15.3. The lowest BCUT2D eigenvalue weighted by Gasteiger charge is -2.42. The number of aliphatic hydroxyl groups excluding tert-OH is 1. The highest BCUT2D eigenvalue weighted by atomic mass is 16.5. The van der Waals surface area contributed by atoms with E-state index in [4.69, 9.17) is 9.47 Å². The number of carbonyl (C=O) groups is 3. The SMILES string of the molecule is CC[C@H](C)[C@H](CO)N1C(=O)[C@@H]2[C@H]3C(=O)N(Cc4ccccc4)CC=C[C@@]3(CC)O[C@@]23C=CCN(c2ccc(OC)cc2)C(=O)C13. The van der Waals surface area contributed by atoms with Crippen LogP contribution in [0.2, 0.25) is 0 Å². The predicted octanol–water partition coefficient (Wildman–Crippen LogP) is 3.96. The van der Waals surface area contributed by atoms with Gasteiger partial charge in [0.25, 0.3) is 5.91 Å². The normalized spacial score (nSPS) is 30.5. The van der Waals surface area contributed by atoms with Crippen molar-refractivity contribution in [1.29, 1.82) is 0 Å². The number of fused-ring (bicyclic) bond motifs is 2. The van der Waals surface area contributed by atoms with Crippen LogP contribution in [0.4, 0.5) is 5.69 Å². The molecule has 238 valence electrons. The Morgan fingerprint density at radius 3 is 2.29 bits per heavy atom. The summed E-state index contributed by atoms with van der Waals surface area (Å²) in [5, 5.41) is 10.7. The van der Waals surface area contributed by atoms with Crippen molar-refractivity contribution in [3.63, 3.8) is 0 Å². The summed E-state index contributed by atoms with van der Waals surface area (Å²) in [5.41, 5.74) is -0.819. The maximum absolute atomic E-state index is 14.9. The number of rotatable bonds is 9. The Morgan fingerprint density at radius 2 is 1.64 bits per heavy atom. The van der Waals surface area contributed by atoms with E-state index < -0.39 is 35.1 Å². The van der Waals surface area contributed by atoms with Gasteiger partial charge in [-0.2, -0.15) is 0 Å². The molecule has 2 aromatic carbocycles. The van der Waals surface area contributed by atoms with E-state index in [-0.39, 0.29) is 36.8 Å². The van der Waals surface area contributed by atoms with Crippen LogP contribution in [-0.2, 0) is 25.7 Å². The number of carbonyl (C=O) groups excluding carboxylic acids is 3. The number of aliphatic hydroxyl groups is 1. The van der Waals surface area contributed by atoms with Crippen molar-refractivity contribution in [3.05, 3.63) is 84.5 Å². The number of amides is 3. The molecule has 45 heavy (non-hydrogen) atoms. The highest BCUT2D eigenvalue weighted by Gasteiger charge is 2.76. The van der Waals surface area contributed by atoms with Gasteiger partial charge in [-0.05, 0) is 42.2 Å². The second-order valence-electron chi connectivity index (χ2n) is 12.7. The second-order valence-corrected chi connectivity index (χ2v) is 12.7. The first-order valence-electron chi connectivity index (χ1n) is 16.0. The number of hydrogen-bond acceptors (Lipinski definition) is 6. The fourth-order valence-corrected chi connectivity index (χ4v) is 7.86. The van der Waals surface area contributed by atoms with Crippen molar-refractivity contribution < 1.29 is 29.0 Å². The third-order valence-corrected chi connectivity index (χ3v) is 10.4. The van der Waals surface area contributed by atoms with Crippen molar-refractivity contribution >= 4 is 23.4 Å². The van der Waals surface area contributed by atoms with Crippen molar-refractivity contribution in [2.45, 2.75) is 63.4 Å². The molecule has 1 unspecified atom stereocenters. The number of ether oxygens (including phenoxy) is 2. The third-order valence-electron chi connectivity index (χ3n) is 10.4. The molecule has 0 saturated carbocycles. The molecule has 4 aliphatic heterocycles. The molecule has 2 aromatic rings. The number of likely N-dealkylation sites (tertiary alicyclic amines) is 1. The third kappa shape index (κ3) is 4.88. The van der Waals surface area contributed by atoms with E-state index in [1.807, 2.05) is 87.5 Å². The van der Waals surface area contributed by atoms with E-state index in [1.54, 1.807) is 33.9 Å². The van der Waals surface area contributed by atoms with Gasteiger partial charge in [0.2, 0.25) is 11.8 Å². The Labute approximate surface area is 265 Å². The summed E-state index contributed by atoms with van der Waals surface area (Å²) in [6.45, 7) is 6.69. The molecule has 2 saturated heterocycles. The first kappa shape index (κ1) is 31.0. The first-order valence-corrected chi connectivity index (χ1v) is 16.0. The molecule has 0 radical (unpaired) electrons. The average Bonchev–Trinajstić information content (AvgIpc) is 3.36. The standard InChI is InChI=1S/C36H43N3O6/c1-5-24(3)28(23-40)39-31-34(43)38(26-14-16-27(44-4)17-15-26)21-11-19-36(31)30(33(39)42)29-32(41)37(22-25-12-8-7-9-13-25)20-10-18-35(29,6-2)45-36/h7-19,24,28-31,40H,5-6,20-23H2,1-4H3/t24-,28-,29-,30-,31?,35+,36-/m0/s1. The van der Waals surface area contributed by atoms with Gasteiger partial charge in [-0.3, -0.25) is 14.4 Å². The van der Waals surface area contributed by atoms with Crippen molar-refractivity contribution in [3.8, 4) is 5.75 Å². The topological polar surface area (TPSA) is 99.6 Å². The molecular formula is C36H43N3O6. The van der Waals surface area contributed by atoms with Crippen LogP contribution in [-0.4, -0.2) is 82.7 Å². The fraction of sp³-hybridized carbons (Fsp3) is 0.472. The van der Waals surface area contributed by atoms with E-state index >= 15 is 0 Å². The maximum Gasteiger partial charge on any atom is 0.253 e. The highest BCUT2D eigenvalue weighted by molar-refractivity contribution is 6.06. The summed E-state index contributed by atoms with van der Waals surface area (Å²) in [4.78, 5) is 49.4. The first-order chi connectivity index (χ1) is 21.7. The van der Waals surface area contributed by atoms with Crippen LogP contribution in [0, 0.1) is 17.8 Å². The Morgan fingerprint density at radius 1 is 0.933 bits per heavy atom. The highest BCUT2D eigenvalue weighted by Crippen LogP contribution is 2.59. The Bertz CT molecular complexity index is 1490. The number of methoxy groups -OCH3 is 1. The van der Waals surface area contributed by atoms with Gasteiger partial charge in [0.15, 0.2) is 0 Å². The molecule has 1 N–H and O–H groups in total. The molecule has 9 heteroatoms. The molecule has 3 amide bonds. The minimum absolute atomic E-state index is 0.0977. The summed E-state index contributed by atoms with van der Waals surface area (Å²) in [6.07, 6.45) is 8.80. The van der Waals surface area contributed by atoms with Gasteiger partial charge in [0.05, 0.1) is 37.2 Å². The quantitative estimate of drug-likeness (QED) is 0.430. The van der Waals surface area contributed by atoms with E-state index in [0.717, 1.165) is 5.56 Å². The Balaban J connectivity index is 1.48. The number of hydrogen-bond donors (Lipinski definition) is 1. The van der Waals surface area contributed by atoms with Gasteiger partial charge in [-0.15, -0.1) is 0 Å². The van der Waals surface area contributed by atoms with Crippen LogP contribution >= 0.6 is 0 Å². The predicted molar refractivity (Wildman–Crippen MR) is 170 cm³/mol. The molecule has 0 aliphatic carbocycles. The number of nitrogens with zero attached hydrogens (tertiary/aromatic N) is 3. The van der Waals surface area contributed by atoms with Crippen LogP contribution in [0.25, 0.3) is 0 Å². The smallest absolute Gasteiger partial charge is 0.253 e. The van der Waals surface area contributed by atoms with Gasteiger partial charge in [-0.1, -0.05) is 81.8 Å². The minimum Gasteiger partial charge on any atom is -0.497 e. The molecule has 6 rings (SSSR count).